The smallest absolute Gasteiger partial charge is 0.354 e. The highest BCUT2D eigenvalue weighted by molar-refractivity contribution is 5.92. The molecule has 2 aromatic heterocycles. The molecule has 206 valence electrons. The minimum Gasteiger partial charge on any atom is -0.490 e. The van der Waals surface area contributed by atoms with Gasteiger partial charge in [-0.25, -0.2) is 14.8 Å². The third-order valence-corrected chi connectivity index (χ3v) is 7.85. The van der Waals surface area contributed by atoms with Crippen LogP contribution in [0.2, 0.25) is 0 Å². The maximum absolute atomic E-state index is 12.6. The number of nitrogens with zero attached hydrogens (tertiary/aromatic N) is 3. The van der Waals surface area contributed by atoms with Gasteiger partial charge in [-0.3, -0.25) is 9.69 Å². The fourth-order valence-electron chi connectivity index (χ4n) is 5.65. The number of carboxylic acids is 1. The third kappa shape index (κ3) is 7.53. The summed E-state index contributed by atoms with van der Waals surface area (Å²) in [5.74, 6) is 0.716. The Kier molecular flexibility index (Phi) is 9.04. The van der Waals surface area contributed by atoms with E-state index in [0.29, 0.717) is 29.9 Å². The molecule has 1 aromatic carbocycles. The van der Waals surface area contributed by atoms with Crippen LogP contribution in [0.15, 0.2) is 53.1 Å². The van der Waals surface area contributed by atoms with Crippen molar-refractivity contribution in [1.29, 1.82) is 0 Å². The average Bonchev–Trinajstić information content (AvgIpc) is 3.46. The van der Waals surface area contributed by atoms with Crippen molar-refractivity contribution in [2.24, 2.45) is 5.92 Å². The molecule has 1 saturated heterocycles. The summed E-state index contributed by atoms with van der Waals surface area (Å²) in [5, 5.41) is 9.13. The fourth-order valence-corrected chi connectivity index (χ4v) is 5.65. The molecule has 2 aliphatic rings. The normalized spacial score (nSPS) is 17.2. The molecule has 0 radical (unpaired) electrons. The van der Waals surface area contributed by atoms with E-state index in [-0.39, 0.29) is 17.4 Å². The Hall–Kier alpha value is -3.52. The van der Waals surface area contributed by atoms with Crippen LogP contribution >= 0.6 is 0 Å². The summed E-state index contributed by atoms with van der Waals surface area (Å²) in [6.45, 7) is 3.08. The van der Waals surface area contributed by atoms with Gasteiger partial charge in [-0.2, -0.15) is 0 Å². The molecule has 0 spiro atoms. The molecule has 0 unspecified atom stereocenters. The number of carbonyl (C=O) groups is 2. The number of piperidine rings is 1. The van der Waals surface area contributed by atoms with E-state index in [4.69, 9.17) is 14.3 Å². The van der Waals surface area contributed by atoms with E-state index >= 15 is 0 Å². The van der Waals surface area contributed by atoms with E-state index in [2.05, 4.69) is 39.1 Å². The maximum atomic E-state index is 12.6. The summed E-state index contributed by atoms with van der Waals surface area (Å²) in [6, 6.07) is 13.2. The number of ether oxygens (including phenoxy) is 1. The molecule has 8 nitrogen and oxygen atoms in total. The molecule has 3 heterocycles. The van der Waals surface area contributed by atoms with Crippen LogP contribution in [0.3, 0.4) is 0 Å². The van der Waals surface area contributed by atoms with Gasteiger partial charge in [0.15, 0.2) is 5.76 Å². The molecule has 2 fully saturated rings. The van der Waals surface area contributed by atoms with Crippen LogP contribution in [0, 0.1) is 5.92 Å². The molecule has 1 aliphatic heterocycles. The first-order valence-corrected chi connectivity index (χ1v) is 14.2. The Morgan fingerprint density at radius 1 is 1.03 bits per heavy atom. The Labute approximate surface area is 229 Å². The van der Waals surface area contributed by atoms with Crippen LogP contribution in [-0.4, -0.2) is 50.9 Å². The lowest BCUT2D eigenvalue weighted by Crippen LogP contribution is -2.33. The molecule has 1 N–H and O–H groups in total. The van der Waals surface area contributed by atoms with Gasteiger partial charge in [-0.1, -0.05) is 24.6 Å². The van der Waals surface area contributed by atoms with Crippen molar-refractivity contribution < 1.29 is 23.8 Å². The van der Waals surface area contributed by atoms with Crippen LogP contribution in [-0.2, 0) is 6.54 Å². The van der Waals surface area contributed by atoms with E-state index in [1.54, 1.807) is 12.1 Å². The molecule has 5 rings (SSSR count). The second kappa shape index (κ2) is 13.0. The second-order valence-corrected chi connectivity index (χ2v) is 10.8. The van der Waals surface area contributed by atoms with Crippen LogP contribution in [0.25, 0.3) is 11.5 Å². The lowest BCUT2D eigenvalue weighted by molar-refractivity contribution is 0.0690. The standard InChI is InChI=1S/C31H37N3O5/c35-28(30-32-20-29(39-30)26-12-6-13-27(33-26)31(36)37)14-5-7-22-15-17-34(18-16-22)21-23-8-4-11-25(19-23)38-24-9-2-1-3-10-24/h4,6,8,11-13,19-20,22,24H,1-3,5,7,9-10,14-18,21H2,(H,36,37). The summed E-state index contributed by atoms with van der Waals surface area (Å²) >= 11 is 0. The molecule has 39 heavy (non-hydrogen) atoms. The molecule has 1 saturated carbocycles. The lowest BCUT2D eigenvalue weighted by atomic mass is 9.91. The number of hydrogen-bond donors (Lipinski definition) is 1. The number of rotatable bonds is 11. The van der Waals surface area contributed by atoms with E-state index in [1.807, 2.05) is 0 Å². The Morgan fingerprint density at radius 3 is 2.62 bits per heavy atom. The summed E-state index contributed by atoms with van der Waals surface area (Å²) in [4.78, 5) is 34.4. The third-order valence-electron chi connectivity index (χ3n) is 7.85. The molecule has 0 bridgehead atoms. The van der Waals surface area contributed by atoms with Crippen molar-refractivity contribution in [1.82, 2.24) is 14.9 Å². The Bertz CT molecular complexity index is 1260. The summed E-state index contributed by atoms with van der Waals surface area (Å²) in [6.07, 6.45) is 12.5. The zero-order valence-electron chi connectivity index (χ0n) is 22.4. The van der Waals surface area contributed by atoms with E-state index in [1.165, 1.54) is 49.9 Å². The van der Waals surface area contributed by atoms with Gasteiger partial charge < -0.3 is 14.3 Å². The summed E-state index contributed by atoms with van der Waals surface area (Å²) in [5.41, 5.74) is 1.57. The highest BCUT2D eigenvalue weighted by Gasteiger charge is 2.21. The molecule has 8 heteroatoms. The number of carbonyl (C=O) groups excluding carboxylic acids is 1. The van der Waals surface area contributed by atoms with Crippen molar-refractivity contribution >= 4 is 11.8 Å². The number of ketones is 1. The van der Waals surface area contributed by atoms with Gasteiger partial charge in [0, 0.05) is 13.0 Å². The molecular weight excluding hydrogens is 494 g/mol. The Morgan fingerprint density at radius 2 is 1.82 bits per heavy atom. The zero-order valence-corrected chi connectivity index (χ0v) is 22.4. The lowest BCUT2D eigenvalue weighted by Gasteiger charge is -2.32. The van der Waals surface area contributed by atoms with Gasteiger partial charge in [0.25, 0.3) is 5.89 Å². The fraction of sp³-hybridized carbons (Fsp3) is 0.484. The van der Waals surface area contributed by atoms with Gasteiger partial charge in [-0.05, 0) is 100 Å². The maximum Gasteiger partial charge on any atom is 0.354 e. The summed E-state index contributed by atoms with van der Waals surface area (Å²) in [7, 11) is 0. The number of Topliss-reactive ketones (excluding diaryl/α,β-unsaturated/α-hetero) is 1. The largest absolute Gasteiger partial charge is 0.490 e. The molecule has 1 aliphatic carbocycles. The molecule has 0 amide bonds. The number of benzene rings is 1. The minimum atomic E-state index is -1.12. The second-order valence-electron chi connectivity index (χ2n) is 10.8. The average molecular weight is 532 g/mol. The first-order valence-electron chi connectivity index (χ1n) is 14.2. The van der Waals surface area contributed by atoms with E-state index in [9.17, 15) is 9.59 Å². The number of aromatic nitrogens is 2. The van der Waals surface area contributed by atoms with E-state index < -0.39 is 5.97 Å². The number of pyridine rings is 1. The van der Waals surface area contributed by atoms with Crippen LogP contribution < -0.4 is 4.74 Å². The SMILES string of the molecule is O=C(O)c1cccc(-c2cnc(C(=O)CCCC3CCN(Cc4cccc(OC5CCCCC5)c4)CC3)o2)n1. The van der Waals surface area contributed by atoms with Crippen molar-refractivity contribution in [2.45, 2.75) is 76.9 Å². The predicted octanol–water partition coefficient (Wildman–Crippen LogP) is 6.41. The molecule has 3 aromatic rings. The van der Waals surface area contributed by atoms with E-state index in [0.717, 1.165) is 51.1 Å². The quantitative estimate of drug-likeness (QED) is 0.283. The first-order chi connectivity index (χ1) is 19.0. The van der Waals surface area contributed by atoms with Crippen LogP contribution in [0.4, 0.5) is 0 Å². The highest BCUT2D eigenvalue weighted by Crippen LogP contribution is 2.27. The monoisotopic (exact) mass is 531 g/mol. The predicted molar refractivity (Wildman–Crippen MR) is 147 cm³/mol. The minimum absolute atomic E-state index is 0.0528. The number of likely N-dealkylation sites (tertiary alicyclic amines) is 1. The van der Waals surface area contributed by atoms with Crippen molar-refractivity contribution in [3.8, 4) is 17.2 Å². The number of oxazole rings is 1. The van der Waals surface area contributed by atoms with Gasteiger partial charge in [-0.15, -0.1) is 0 Å². The zero-order chi connectivity index (χ0) is 27.0. The number of carboxylic acid groups (broad SMARTS) is 1. The van der Waals surface area contributed by atoms with Gasteiger partial charge >= 0.3 is 5.97 Å². The van der Waals surface area contributed by atoms with Crippen LogP contribution in [0.5, 0.6) is 5.75 Å². The number of hydrogen-bond acceptors (Lipinski definition) is 7. The van der Waals surface area contributed by atoms with Gasteiger partial charge in [0.05, 0.1) is 12.3 Å². The number of aromatic carboxylic acids is 1. The first kappa shape index (κ1) is 27.1. The molecular formula is C31H37N3O5. The van der Waals surface area contributed by atoms with Crippen LogP contribution in [0.1, 0.15) is 90.9 Å². The van der Waals surface area contributed by atoms with Crippen molar-refractivity contribution in [2.75, 3.05) is 13.1 Å². The topological polar surface area (TPSA) is 106 Å². The highest BCUT2D eigenvalue weighted by atomic mass is 16.5. The Balaban J connectivity index is 1.03. The van der Waals surface area contributed by atoms with Crippen molar-refractivity contribution in [3.63, 3.8) is 0 Å². The van der Waals surface area contributed by atoms with Gasteiger partial charge in [0.1, 0.15) is 17.1 Å². The van der Waals surface area contributed by atoms with Crippen molar-refractivity contribution in [3.05, 3.63) is 65.8 Å². The van der Waals surface area contributed by atoms with Gasteiger partial charge in [0.2, 0.25) is 5.78 Å². The summed E-state index contributed by atoms with van der Waals surface area (Å²) < 4.78 is 11.9. The molecule has 0 atom stereocenters.